The Morgan fingerprint density at radius 3 is 2.70 bits per heavy atom. The van der Waals surface area contributed by atoms with E-state index < -0.39 is 0 Å². The minimum atomic E-state index is -0.0475. The molecule has 5 heteroatoms. The Morgan fingerprint density at radius 2 is 1.95 bits per heavy atom. The van der Waals surface area contributed by atoms with Crippen molar-refractivity contribution < 1.29 is 9.59 Å². The number of carbonyl (C=O) groups excluding carboxylic acids is 2. The zero-order valence-electron chi connectivity index (χ0n) is 11.4. The van der Waals surface area contributed by atoms with Gasteiger partial charge in [0.2, 0.25) is 11.8 Å². The van der Waals surface area contributed by atoms with E-state index in [1.165, 1.54) is 4.90 Å². The van der Waals surface area contributed by atoms with Gasteiger partial charge >= 0.3 is 0 Å². The maximum Gasteiger partial charge on any atom is 0.242 e. The van der Waals surface area contributed by atoms with E-state index in [1.807, 2.05) is 24.3 Å². The molecule has 20 heavy (non-hydrogen) atoms. The van der Waals surface area contributed by atoms with Crippen LogP contribution in [0.4, 0.5) is 0 Å². The third-order valence-electron chi connectivity index (χ3n) is 3.18. The number of piperazine rings is 1. The summed E-state index contributed by atoms with van der Waals surface area (Å²) >= 11 is 0. The van der Waals surface area contributed by atoms with Gasteiger partial charge in [-0.05, 0) is 11.6 Å². The van der Waals surface area contributed by atoms with Crippen LogP contribution in [-0.2, 0) is 16.1 Å². The van der Waals surface area contributed by atoms with E-state index in [0.29, 0.717) is 13.1 Å². The Balaban J connectivity index is 2.18. The SMILES string of the molecule is CN1CC(=O)N(Cc2ccccc2C#CCN)CC1=O. The van der Waals surface area contributed by atoms with Gasteiger partial charge in [0.05, 0.1) is 13.1 Å². The van der Waals surface area contributed by atoms with Gasteiger partial charge in [-0.15, -0.1) is 0 Å². The van der Waals surface area contributed by atoms with Crippen LogP contribution >= 0.6 is 0 Å². The van der Waals surface area contributed by atoms with Gasteiger partial charge in [-0.3, -0.25) is 9.59 Å². The Labute approximate surface area is 118 Å². The predicted octanol–water partition coefficient (Wildman–Crippen LogP) is -0.203. The first kappa shape index (κ1) is 14.1. The second-order valence-corrected chi connectivity index (χ2v) is 4.66. The molecule has 1 heterocycles. The smallest absolute Gasteiger partial charge is 0.242 e. The molecule has 0 atom stereocenters. The fourth-order valence-corrected chi connectivity index (χ4v) is 2.04. The second kappa shape index (κ2) is 6.22. The van der Waals surface area contributed by atoms with Crippen LogP contribution in [0.25, 0.3) is 0 Å². The Hall–Kier alpha value is -2.32. The largest absolute Gasteiger partial charge is 0.335 e. The van der Waals surface area contributed by atoms with E-state index >= 15 is 0 Å². The topological polar surface area (TPSA) is 66.6 Å². The Morgan fingerprint density at radius 1 is 1.20 bits per heavy atom. The lowest BCUT2D eigenvalue weighted by Crippen LogP contribution is -2.51. The number of nitrogens with zero attached hydrogens (tertiary/aromatic N) is 2. The number of carbonyl (C=O) groups is 2. The van der Waals surface area contributed by atoms with E-state index in [0.717, 1.165) is 11.1 Å². The first-order valence-corrected chi connectivity index (χ1v) is 6.40. The maximum atomic E-state index is 12.0. The lowest BCUT2D eigenvalue weighted by molar-refractivity contribution is -0.149. The minimum absolute atomic E-state index is 0.0462. The van der Waals surface area contributed by atoms with Gasteiger partial charge in [0, 0.05) is 19.2 Å². The van der Waals surface area contributed by atoms with Gasteiger partial charge < -0.3 is 15.5 Å². The van der Waals surface area contributed by atoms with Crippen molar-refractivity contribution in [1.82, 2.24) is 9.80 Å². The van der Waals surface area contributed by atoms with E-state index in [9.17, 15) is 9.59 Å². The average Bonchev–Trinajstić information content (AvgIpc) is 2.44. The normalized spacial score (nSPS) is 15.1. The molecule has 0 spiro atoms. The molecule has 0 unspecified atom stereocenters. The van der Waals surface area contributed by atoms with E-state index in [-0.39, 0.29) is 24.9 Å². The van der Waals surface area contributed by atoms with Crippen molar-refractivity contribution in [3.05, 3.63) is 35.4 Å². The number of amides is 2. The van der Waals surface area contributed by atoms with Crippen molar-refractivity contribution in [2.24, 2.45) is 5.73 Å². The molecule has 1 aliphatic heterocycles. The van der Waals surface area contributed by atoms with Crippen LogP contribution in [0, 0.1) is 11.8 Å². The van der Waals surface area contributed by atoms with E-state index in [4.69, 9.17) is 5.73 Å². The van der Waals surface area contributed by atoms with Crippen molar-refractivity contribution in [3.63, 3.8) is 0 Å². The summed E-state index contributed by atoms with van der Waals surface area (Å²) in [6, 6.07) is 7.59. The number of benzene rings is 1. The highest BCUT2D eigenvalue weighted by Gasteiger charge is 2.27. The zero-order chi connectivity index (χ0) is 14.5. The molecule has 0 radical (unpaired) electrons. The average molecular weight is 271 g/mol. The highest BCUT2D eigenvalue weighted by Crippen LogP contribution is 2.13. The van der Waals surface area contributed by atoms with Gasteiger partial charge in [-0.2, -0.15) is 0 Å². The molecular weight excluding hydrogens is 254 g/mol. The van der Waals surface area contributed by atoms with Crippen LogP contribution in [0.1, 0.15) is 11.1 Å². The second-order valence-electron chi connectivity index (χ2n) is 4.66. The highest BCUT2D eigenvalue weighted by atomic mass is 16.2. The molecule has 1 saturated heterocycles. The van der Waals surface area contributed by atoms with Crippen LogP contribution in [0.15, 0.2) is 24.3 Å². The van der Waals surface area contributed by atoms with Crippen molar-refractivity contribution in [2.75, 3.05) is 26.7 Å². The summed E-state index contributed by atoms with van der Waals surface area (Å²) in [5.41, 5.74) is 7.15. The molecule has 2 N–H and O–H groups in total. The molecule has 0 aromatic heterocycles. The minimum Gasteiger partial charge on any atom is -0.335 e. The molecule has 5 nitrogen and oxygen atoms in total. The fourth-order valence-electron chi connectivity index (χ4n) is 2.04. The van der Waals surface area contributed by atoms with Crippen molar-refractivity contribution >= 4 is 11.8 Å². The predicted molar refractivity (Wildman–Crippen MR) is 75.4 cm³/mol. The zero-order valence-corrected chi connectivity index (χ0v) is 11.4. The van der Waals surface area contributed by atoms with E-state index in [1.54, 1.807) is 11.9 Å². The molecule has 1 aliphatic rings. The molecule has 0 saturated carbocycles. The summed E-state index contributed by atoms with van der Waals surface area (Å²) in [6.45, 7) is 0.942. The number of rotatable bonds is 2. The quantitative estimate of drug-likeness (QED) is 0.757. The van der Waals surface area contributed by atoms with Crippen LogP contribution < -0.4 is 5.73 Å². The maximum absolute atomic E-state index is 12.0. The number of hydrogen-bond donors (Lipinski definition) is 1. The van der Waals surface area contributed by atoms with E-state index in [2.05, 4.69) is 11.8 Å². The monoisotopic (exact) mass is 271 g/mol. The van der Waals surface area contributed by atoms with Gasteiger partial charge in [0.1, 0.15) is 6.54 Å². The number of nitrogens with two attached hydrogens (primary N) is 1. The third kappa shape index (κ3) is 3.16. The van der Waals surface area contributed by atoms with Crippen LogP contribution in [0.2, 0.25) is 0 Å². The molecular formula is C15H17N3O2. The van der Waals surface area contributed by atoms with Gasteiger partial charge in [-0.1, -0.05) is 30.0 Å². The van der Waals surface area contributed by atoms with Gasteiger partial charge in [0.15, 0.2) is 0 Å². The molecule has 1 aromatic rings. The van der Waals surface area contributed by atoms with Crippen molar-refractivity contribution in [1.29, 1.82) is 0 Å². The molecule has 0 bridgehead atoms. The lowest BCUT2D eigenvalue weighted by Gasteiger charge is -2.31. The fraction of sp³-hybridized carbons (Fsp3) is 0.333. The summed E-state index contributed by atoms with van der Waals surface area (Å²) in [6.07, 6.45) is 0. The van der Waals surface area contributed by atoms with Gasteiger partial charge in [-0.25, -0.2) is 0 Å². The van der Waals surface area contributed by atoms with Crippen molar-refractivity contribution in [3.8, 4) is 11.8 Å². The molecule has 104 valence electrons. The Kier molecular flexibility index (Phi) is 4.38. The standard InChI is InChI=1S/C15H17N3O2/c1-17-10-15(20)18(11-14(17)19)9-13-6-3-2-5-12(13)7-4-8-16/h2-3,5-6H,8-11,16H2,1H3. The van der Waals surface area contributed by atoms with Crippen LogP contribution in [0.5, 0.6) is 0 Å². The number of likely N-dealkylation sites (N-methyl/N-ethyl adjacent to an activating group) is 1. The molecule has 2 rings (SSSR count). The van der Waals surface area contributed by atoms with Crippen LogP contribution in [-0.4, -0.2) is 48.3 Å². The summed E-state index contributed by atoms with van der Waals surface area (Å²) in [5, 5.41) is 0. The van der Waals surface area contributed by atoms with Gasteiger partial charge in [0.25, 0.3) is 0 Å². The van der Waals surface area contributed by atoms with Crippen molar-refractivity contribution in [2.45, 2.75) is 6.54 Å². The summed E-state index contributed by atoms with van der Waals surface area (Å²) < 4.78 is 0. The summed E-state index contributed by atoms with van der Waals surface area (Å²) in [5.74, 6) is 5.70. The third-order valence-corrected chi connectivity index (χ3v) is 3.18. The van der Waals surface area contributed by atoms with Crippen LogP contribution in [0.3, 0.4) is 0 Å². The molecule has 1 aromatic carbocycles. The first-order chi connectivity index (χ1) is 9.61. The summed E-state index contributed by atoms with van der Waals surface area (Å²) in [7, 11) is 1.64. The first-order valence-electron chi connectivity index (χ1n) is 6.40. The summed E-state index contributed by atoms with van der Waals surface area (Å²) in [4.78, 5) is 26.6. The molecule has 0 aliphatic carbocycles. The lowest BCUT2D eigenvalue weighted by atomic mass is 10.1. The molecule has 1 fully saturated rings. The highest BCUT2D eigenvalue weighted by molar-refractivity contribution is 5.92. The number of hydrogen-bond acceptors (Lipinski definition) is 3. The molecule has 2 amide bonds. The Bertz CT molecular complexity index is 586.